The predicted molar refractivity (Wildman–Crippen MR) is 81.3 cm³/mol. The van der Waals surface area contributed by atoms with E-state index in [9.17, 15) is 4.79 Å². The molecule has 1 heterocycles. The minimum absolute atomic E-state index is 0.216. The van der Waals surface area contributed by atoms with Crippen LogP contribution in [0.5, 0.6) is 0 Å². The van der Waals surface area contributed by atoms with Crippen molar-refractivity contribution in [2.45, 2.75) is 6.54 Å². The first-order chi connectivity index (χ1) is 10.2. The van der Waals surface area contributed by atoms with Crippen LogP contribution in [0.3, 0.4) is 0 Å². The average Bonchev–Trinajstić information content (AvgIpc) is 2.90. The van der Waals surface area contributed by atoms with Crippen LogP contribution in [0.4, 0.5) is 10.5 Å². The largest absolute Gasteiger partial charge is 0.439 e. The Bertz CT molecular complexity index is 735. The van der Waals surface area contributed by atoms with Crippen molar-refractivity contribution in [3.63, 3.8) is 0 Å². The van der Waals surface area contributed by atoms with Crippen LogP contribution < -0.4 is 10.6 Å². The van der Waals surface area contributed by atoms with Crippen LogP contribution in [0.1, 0.15) is 5.89 Å². The number of urea groups is 1. The molecule has 106 valence electrons. The third-order valence-corrected chi connectivity index (χ3v) is 3.09. The Hall–Kier alpha value is -2.53. The number of aromatic nitrogens is 1. The van der Waals surface area contributed by atoms with Crippen LogP contribution in [-0.2, 0) is 6.54 Å². The lowest BCUT2D eigenvalue weighted by Crippen LogP contribution is -2.28. The number of oxazole rings is 1. The average molecular weight is 302 g/mol. The molecule has 0 bridgehead atoms. The summed E-state index contributed by atoms with van der Waals surface area (Å²) in [5.41, 5.74) is 2.13. The van der Waals surface area contributed by atoms with E-state index in [0.717, 1.165) is 5.52 Å². The van der Waals surface area contributed by atoms with Gasteiger partial charge >= 0.3 is 6.03 Å². The molecule has 2 amide bonds. The Morgan fingerprint density at radius 1 is 1.14 bits per heavy atom. The molecule has 0 saturated carbocycles. The topological polar surface area (TPSA) is 67.2 Å². The van der Waals surface area contributed by atoms with E-state index >= 15 is 0 Å². The summed E-state index contributed by atoms with van der Waals surface area (Å²) in [7, 11) is 0. The summed E-state index contributed by atoms with van der Waals surface area (Å²) >= 11 is 5.78. The minimum atomic E-state index is -0.334. The summed E-state index contributed by atoms with van der Waals surface area (Å²) in [6.45, 7) is 0.216. The highest BCUT2D eigenvalue weighted by molar-refractivity contribution is 6.30. The van der Waals surface area contributed by atoms with E-state index in [-0.39, 0.29) is 12.6 Å². The quantitative estimate of drug-likeness (QED) is 0.773. The zero-order chi connectivity index (χ0) is 14.7. The van der Waals surface area contributed by atoms with Gasteiger partial charge in [0.05, 0.1) is 6.54 Å². The zero-order valence-electron chi connectivity index (χ0n) is 11.0. The second-order valence-electron chi connectivity index (χ2n) is 4.39. The lowest BCUT2D eigenvalue weighted by Gasteiger charge is -2.05. The molecular weight excluding hydrogens is 290 g/mol. The van der Waals surface area contributed by atoms with E-state index in [1.807, 2.05) is 24.3 Å². The van der Waals surface area contributed by atoms with E-state index in [4.69, 9.17) is 16.0 Å². The molecule has 0 radical (unpaired) electrons. The number of benzene rings is 2. The summed E-state index contributed by atoms with van der Waals surface area (Å²) in [5, 5.41) is 6.00. The van der Waals surface area contributed by atoms with Crippen LogP contribution >= 0.6 is 11.6 Å². The normalized spacial score (nSPS) is 10.5. The molecular formula is C15H12ClN3O2. The SMILES string of the molecule is O=C(NCc1nc2ccccc2o1)Nc1ccc(Cl)cc1. The van der Waals surface area contributed by atoms with Crippen LogP contribution in [0, 0.1) is 0 Å². The maximum absolute atomic E-state index is 11.8. The molecule has 2 aromatic carbocycles. The van der Waals surface area contributed by atoms with Crippen molar-refractivity contribution in [3.05, 3.63) is 59.4 Å². The van der Waals surface area contributed by atoms with Gasteiger partial charge in [0.1, 0.15) is 5.52 Å². The van der Waals surface area contributed by atoms with E-state index in [0.29, 0.717) is 22.2 Å². The van der Waals surface area contributed by atoms with Crippen molar-refractivity contribution < 1.29 is 9.21 Å². The Labute approximate surface area is 125 Å². The highest BCUT2D eigenvalue weighted by Crippen LogP contribution is 2.15. The van der Waals surface area contributed by atoms with Gasteiger partial charge in [0.15, 0.2) is 5.58 Å². The standard InChI is InChI=1S/C15H12ClN3O2/c16-10-5-7-11(8-6-10)18-15(20)17-9-14-19-12-3-1-2-4-13(12)21-14/h1-8H,9H2,(H2,17,18,20). The van der Waals surface area contributed by atoms with Crippen molar-refractivity contribution in [2.24, 2.45) is 0 Å². The van der Waals surface area contributed by atoms with Crippen molar-refractivity contribution in [2.75, 3.05) is 5.32 Å². The van der Waals surface area contributed by atoms with Gasteiger partial charge in [0, 0.05) is 10.7 Å². The van der Waals surface area contributed by atoms with Gasteiger partial charge < -0.3 is 15.1 Å². The predicted octanol–water partition coefficient (Wildman–Crippen LogP) is 3.80. The number of fused-ring (bicyclic) bond motifs is 1. The van der Waals surface area contributed by atoms with Gasteiger partial charge in [-0.2, -0.15) is 0 Å². The van der Waals surface area contributed by atoms with Crippen LogP contribution in [0.15, 0.2) is 52.9 Å². The number of nitrogens with zero attached hydrogens (tertiary/aromatic N) is 1. The number of nitrogens with one attached hydrogen (secondary N) is 2. The highest BCUT2D eigenvalue weighted by Gasteiger charge is 2.07. The van der Waals surface area contributed by atoms with Gasteiger partial charge in [-0.25, -0.2) is 9.78 Å². The highest BCUT2D eigenvalue weighted by atomic mass is 35.5. The molecule has 6 heteroatoms. The number of amides is 2. The van der Waals surface area contributed by atoms with E-state index in [1.165, 1.54) is 0 Å². The molecule has 5 nitrogen and oxygen atoms in total. The van der Waals surface area contributed by atoms with Gasteiger partial charge in [-0.1, -0.05) is 23.7 Å². The van der Waals surface area contributed by atoms with Crippen molar-refractivity contribution in [3.8, 4) is 0 Å². The Morgan fingerprint density at radius 3 is 2.67 bits per heavy atom. The molecule has 0 atom stereocenters. The summed E-state index contributed by atoms with van der Waals surface area (Å²) in [6, 6.07) is 14.0. The van der Waals surface area contributed by atoms with Crippen molar-refractivity contribution in [1.29, 1.82) is 0 Å². The van der Waals surface area contributed by atoms with Gasteiger partial charge in [-0.15, -0.1) is 0 Å². The second-order valence-corrected chi connectivity index (χ2v) is 4.83. The number of halogens is 1. The number of carbonyl (C=O) groups excluding carboxylic acids is 1. The third-order valence-electron chi connectivity index (χ3n) is 2.84. The zero-order valence-corrected chi connectivity index (χ0v) is 11.7. The maximum atomic E-state index is 11.8. The monoisotopic (exact) mass is 301 g/mol. The fourth-order valence-electron chi connectivity index (χ4n) is 1.86. The number of rotatable bonds is 3. The first kappa shape index (κ1) is 13.5. The summed E-state index contributed by atoms with van der Waals surface area (Å²) in [4.78, 5) is 16.0. The summed E-state index contributed by atoms with van der Waals surface area (Å²) < 4.78 is 5.51. The molecule has 2 N–H and O–H groups in total. The summed E-state index contributed by atoms with van der Waals surface area (Å²) in [6.07, 6.45) is 0. The Balaban J connectivity index is 1.59. The van der Waals surface area contributed by atoms with Crippen LogP contribution in [-0.4, -0.2) is 11.0 Å². The van der Waals surface area contributed by atoms with E-state index in [1.54, 1.807) is 24.3 Å². The van der Waals surface area contributed by atoms with Gasteiger partial charge in [-0.05, 0) is 36.4 Å². The molecule has 3 rings (SSSR count). The molecule has 0 unspecified atom stereocenters. The van der Waals surface area contributed by atoms with Crippen LogP contribution in [0.25, 0.3) is 11.1 Å². The van der Waals surface area contributed by atoms with Gasteiger partial charge in [-0.3, -0.25) is 0 Å². The fourth-order valence-corrected chi connectivity index (χ4v) is 1.99. The van der Waals surface area contributed by atoms with Gasteiger partial charge in [0.2, 0.25) is 5.89 Å². The lowest BCUT2D eigenvalue weighted by atomic mass is 10.3. The first-order valence-corrected chi connectivity index (χ1v) is 6.73. The Morgan fingerprint density at radius 2 is 1.90 bits per heavy atom. The van der Waals surface area contributed by atoms with Crippen molar-refractivity contribution >= 4 is 34.4 Å². The number of carbonyl (C=O) groups is 1. The van der Waals surface area contributed by atoms with Crippen molar-refractivity contribution in [1.82, 2.24) is 10.3 Å². The molecule has 1 aromatic heterocycles. The summed E-state index contributed by atoms with van der Waals surface area (Å²) in [5.74, 6) is 0.461. The fraction of sp³-hybridized carbons (Fsp3) is 0.0667. The molecule has 0 aliphatic heterocycles. The smallest absolute Gasteiger partial charge is 0.319 e. The lowest BCUT2D eigenvalue weighted by molar-refractivity contribution is 0.250. The second kappa shape index (κ2) is 5.85. The minimum Gasteiger partial charge on any atom is -0.439 e. The molecule has 0 saturated heterocycles. The molecule has 21 heavy (non-hydrogen) atoms. The number of anilines is 1. The van der Waals surface area contributed by atoms with Gasteiger partial charge in [0.25, 0.3) is 0 Å². The number of hydrogen-bond acceptors (Lipinski definition) is 3. The maximum Gasteiger partial charge on any atom is 0.319 e. The number of hydrogen-bond donors (Lipinski definition) is 2. The van der Waals surface area contributed by atoms with E-state index in [2.05, 4.69) is 15.6 Å². The first-order valence-electron chi connectivity index (χ1n) is 6.35. The number of para-hydroxylation sites is 2. The molecule has 0 fully saturated rings. The van der Waals surface area contributed by atoms with E-state index < -0.39 is 0 Å². The molecule has 0 spiro atoms. The van der Waals surface area contributed by atoms with Crippen LogP contribution in [0.2, 0.25) is 5.02 Å². The molecule has 0 aliphatic carbocycles. The third kappa shape index (κ3) is 3.32. The molecule has 0 aliphatic rings. The Kier molecular flexibility index (Phi) is 3.75. The molecule has 3 aromatic rings.